The molecular weight excluding hydrogens is 414 g/mol. The Hall–Kier alpha value is -3.35. The van der Waals surface area contributed by atoms with Crippen molar-refractivity contribution in [2.24, 2.45) is 0 Å². The van der Waals surface area contributed by atoms with E-state index in [9.17, 15) is 4.79 Å². The van der Waals surface area contributed by atoms with Crippen LogP contribution in [-0.2, 0) is 6.54 Å². The number of ether oxygens (including phenoxy) is 2. The maximum atomic E-state index is 12.7. The molecule has 0 aliphatic carbocycles. The molecule has 0 saturated carbocycles. The lowest BCUT2D eigenvalue weighted by Gasteiger charge is -2.20. The van der Waals surface area contributed by atoms with Crippen LogP contribution < -0.4 is 20.3 Å². The number of hydrogen-bond acceptors (Lipinski definition) is 5. The average molecular weight is 436 g/mol. The number of aromatic nitrogens is 2. The number of H-pyrrole nitrogens is 1. The molecule has 0 saturated heterocycles. The molecule has 0 amide bonds. The molecule has 158 valence electrons. The highest BCUT2D eigenvalue weighted by Gasteiger charge is 2.15. The van der Waals surface area contributed by atoms with Crippen molar-refractivity contribution in [2.45, 2.75) is 12.6 Å². The van der Waals surface area contributed by atoms with Crippen LogP contribution in [0.3, 0.4) is 0 Å². The van der Waals surface area contributed by atoms with Gasteiger partial charge in [0.2, 0.25) is 0 Å². The normalized spacial score (nSPS) is 12.0. The van der Waals surface area contributed by atoms with Gasteiger partial charge in [-0.2, -0.15) is 0 Å². The average Bonchev–Trinajstić information content (AvgIpc) is 2.80. The summed E-state index contributed by atoms with van der Waals surface area (Å²) >= 11 is 6.07. The van der Waals surface area contributed by atoms with Gasteiger partial charge in [0.25, 0.3) is 5.56 Å². The molecule has 3 aromatic carbocycles. The van der Waals surface area contributed by atoms with E-state index in [1.807, 2.05) is 42.5 Å². The standard InChI is InChI=1S/C24H22ClN3O3/c1-30-20-12-18-19(13-21(20)31-2)27-22(28-24(18)29)14-26-23(15-6-4-3-5-7-15)16-8-10-17(25)11-9-16/h3-13,23,26H,14H2,1-2H3,(H,27,28,29)/t23-/m1/s1. The van der Waals surface area contributed by atoms with Gasteiger partial charge >= 0.3 is 0 Å². The first-order valence-corrected chi connectivity index (χ1v) is 10.2. The molecule has 4 rings (SSSR count). The third-order valence-electron chi connectivity index (χ3n) is 5.07. The number of benzene rings is 3. The predicted molar refractivity (Wildman–Crippen MR) is 122 cm³/mol. The second-order valence-corrected chi connectivity index (χ2v) is 7.45. The molecule has 0 aliphatic rings. The summed E-state index contributed by atoms with van der Waals surface area (Å²) in [6.07, 6.45) is 0. The minimum absolute atomic E-state index is 0.0927. The van der Waals surface area contributed by atoms with Gasteiger partial charge in [-0.25, -0.2) is 4.98 Å². The number of hydrogen-bond donors (Lipinski definition) is 2. The van der Waals surface area contributed by atoms with Crippen molar-refractivity contribution in [3.05, 3.63) is 99.1 Å². The fourth-order valence-electron chi connectivity index (χ4n) is 3.53. The van der Waals surface area contributed by atoms with E-state index in [1.54, 1.807) is 19.2 Å². The van der Waals surface area contributed by atoms with E-state index in [1.165, 1.54) is 7.11 Å². The summed E-state index contributed by atoms with van der Waals surface area (Å²) in [7, 11) is 3.08. The molecule has 0 fully saturated rings. The number of fused-ring (bicyclic) bond motifs is 1. The summed E-state index contributed by atoms with van der Waals surface area (Å²) in [5, 5.41) is 4.62. The van der Waals surface area contributed by atoms with Crippen LogP contribution >= 0.6 is 11.6 Å². The zero-order valence-corrected chi connectivity index (χ0v) is 17.9. The topological polar surface area (TPSA) is 76.2 Å². The molecule has 1 heterocycles. The van der Waals surface area contributed by atoms with Crippen molar-refractivity contribution in [3.63, 3.8) is 0 Å². The molecular formula is C24H22ClN3O3. The Kier molecular flexibility index (Phi) is 6.21. The SMILES string of the molecule is COc1cc2nc(CN[C@H](c3ccccc3)c3ccc(Cl)cc3)[nH]c(=O)c2cc1OC. The molecule has 7 heteroatoms. The predicted octanol–water partition coefficient (Wildman–Crippen LogP) is 4.47. The molecule has 1 aromatic heterocycles. The first kappa shape index (κ1) is 20.9. The Morgan fingerprint density at radius 3 is 2.29 bits per heavy atom. The smallest absolute Gasteiger partial charge is 0.258 e. The molecule has 1 atom stereocenters. The van der Waals surface area contributed by atoms with Gasteiger partial charge in [0.05, 0.1) is 37.7 Å². The van der Waals surface area contributed by atoms with Crippen LogP contribution in [0.15, 0.2) is 71.5 Å². The third kappa shape index (κ3) is 4.55. The molecule has 0 unspecified atom stereocenters. The van der Waals surface area contributed by atoms with Gasteiger partial charge in [-0.1, -0.05) is 54.1 Å². The Bertz CT molecular complexity index is 1240. The Balaban J connectivity index is 1.66. The Labute approximate surface area is 184 Å². The van der Waals surface area contributed by atoms with Crippen LogP contribution in [0.25, 0.3) is 10.9 Å². The monoisotopic (exact) mass is 435 g/mol. The zero-order chi connectivity index (χ0) is 21.8. The van der Waals surface area contributed by atoms with Crippen molar-refractivity contribution >= 4 is 22.5 Å². The second-order valence-electron chi connectivity index (χ2n) is 7.01. The molecule has 2 N–H and O–H groups in total. The van der Waals surface area contributed by atoms with E-state index >= 15 is 0 Å². The minimum Gasteiger partial charge on any atom is -0.493 e. The van der Waals surface area contributed by atoms with Crippen molar-refractivity contribution in [1.82, 2.24) is 15.3 Å². The molecule has 0 bridgehead atoms. The van der Waals surface area contributed by atoms with Crippen LogP contribution in [0.5, 0.6) is 11.5 Å². The maximum absolute atomic E-state index is 12.7. The van der Waals surface area contributed by atoms with Crippen LogP contribution in [0.2, 0.25) is 5.02 Å². The lowest BCUT2D eigenvalue weighted by atomic mass is 9.99. The quantitative estimate of drug-likeness (QED) is 0.448. The van der Waals surface area contributed by atoms with Gasteiger partial charge in [0.1, 0.15) is 5.82 Å². The van der Waals surface area contributed by atoms with Crippen molar-refractivity contribution < 1.29 is 9.47 Å². The summed E-state index contributed by atoms with van der Waals surface area (Å²) in [5.74, 6) is 1.54. The number of methoxy groups -OCH3 is 2. The van der Waals surface area contributed by atoms with E-state index in [-0.39, 0.29) is 11.6 Å². The zero-order valence-electron chi connectivity index (χ0n) is 17.2. The highest BCUT2D eigenvalue weighted by molar-refractivity contribution is 6.30. The van der Waals surface area contributed by atoms with E-state index < -0.39 is 0 Å². The number of aromatic amines is 1. The summed E-state index contributed by atoms with van der Waals surface area (Å²) in [6, 6.07) is 21.0. The first-order chi connectivity index (χ1) is 15.1. The lowest BCUT2D eigenvalue weighted by molar-refractivity contribution is 0.355. The first-order valence-electron chi connectivity index (χ1n) is 9.77. The number of rotatable bonds is 7. The van der Waals surface area contributed by atoms with E-state index in [0.29, 0.717) is 39.8 Å². The summed E-state index contributed by atoms with van der Waals surface area (Å²) in [6.45, 7) is 0.363. The van der Waals surface area contributed by atoms with Gasteiger partial charge in [-0.3, -0.25) is 10.1 Å². The number of nitrogens with zero attached hydrogens (tertiary/aromatic N) is 1. The third-order valence-corrected chi connectivity index (χ3v) is 5.32. The Morgan fingerprint density at radius 1 is 0.968 bits per heavy atom. The summed E-state index contributed by atoms with van der Waals surface area (Å²) < 4.78 is 10.6. The lowest BCUT2D eigenvalue weighted by Crippen LogP contribution is -2.25. The van der Waals surface area contributed by atoms with E-state index in [0.717, 1.165) is 11.1 Å². The largest absolute Gasteiger partial charge is 0.493 e. The maximum Gasteiger partial charge on any atom is 0.258 e. The minimum atomic E-state index is -0.231. The highest BCUT2D eigenvalue weighted by atomic mass is 35.5. The molecule has 0 radical (unpaired) electrons. The Morgan fingerprint density at radius 2 is 1.61 bits per heavy atom. The van der Waals surface area contributed by atoms with Gasteiger partial charge in [0.15, 0.2) is 11.5 Å². The van der Waals surface area contributed by atoms with Crippen LogP contribution in [-0.4, -0.2) is 24.2 Å². The van der Waals surface area contributed by atoms with Gasteiger partial charge < -0.3 is 14.5 Å². The van der Waals surface area contributed by atoms with E-state index in [4.69, 9.17) is 21.1 Å². The summed E-state index contributed by atoms with van der Waals surface area (Å²) in [4.78, 5) is 20.1. The van der Waals surface area contributed by atoms with Gasteiger partial charge in [0, 0.05) is 11.1 Å². The molecule has 31 heavy (non-hydrogen) atoms. The van der Waals surface area contributed by atoms with Crippen molar-refractivity contribution in [1.29, 1.82) is 0 Å². The fourth-order valence-corrected chi connectivity index (χ4v) is 3.65. The molecule has 6 nitrogen and oxygen atoms in total. The number of halogens is 1. The van der Waals surface area contributed by atoms with Crippen LogP contribution in [0.1, 0.15) is 23.0 Å². The van der Waals surface area contributed by atoms with Gasteiger partial charge in [-0.05, 0) is 29.3 Å². The van der Waals surface area contributed by atoms with Crippen LogP contribution in [0.4, 0.5) is 0 Å². The molecule has 4 aromatic rings. The fraction of sp³-hybridized carbons (Fsp3) is 0.167. The number of nitrogens with one attached hydrogen (secondary N) is 2. The van der Waals surface area contributed by atoms with Crippen LogP contribution in [0, 0.1) is 0 Å². The second kappa shape index (κ2) is 9.20. The van der Waals surface area contributed by atoms with E-state index in [2.05, 4.69) is 27.4 Å². The highest BCUT2D eigenvalue weighted by Crippen LogP contribution is 2.30. The molecule has 0 aliphatic heterocycles. The van der Waals surface area contributed by atoms with Gasteiger partial charge in [-0.15, -0.1) is 0 Å². The summed E-state index contributed by atoms with van der Waals surface area (Å²) in [5.41, 5.74) is 2.47. The van der Waals surface area contributed by atoms with Crippen molar-refractivity contribution in [3.8, 4) is 11.5 Å². The molecule has 0 spiro atoms. The van der Waals surface area contributed by atoms with Crippen molar-refractivity contribution in [2.75, 3.05) is 14.2 Å².